The number of rotatable bonds is 2. The quantitative estimate of drug-likeness (QED) is 0.785. The lowest BCUT2D eigenvalue weighted by atomic mass is 10.1. The molecule has 1 saturated heterocycles. The fourth-order valence-electron chi connectivity index (χ4n) is 2.30. The number of carbonyl (C=O) groups is 2. The zero-order valence-electron chi connectivity index (χ0n) is 11.3. The van der Waals surface area contributed by atoms with Crippen LogP contribution in [0.3, 0.4) is 0 Å². The minimum absolute atomic E-state index is 0.0767. The summed E-state index contributed by atoms with van der Waals surface area (Å²) >= 11 is 11.8. The van der Waals surface area contributed by atoms with Crippen LogP contribution in [0.1, 0.15) is 23.2 Å². The Morgan fingerprint density at radius 2 is 2.10 bits per heavy atom. The smallest absolute Gasteiger partial charge is 0.256 e. The van der Waals surface area contributed by atoms with E-state index in [-0.39, 0.29) is 27.6 Å². The first-order valence-electron chi connectivity index (χ1n) is 6.25. The Morgan fingerprint density at radius 1 is 1.40 bits per heavy atom. The van der Waals surface area contributed by atoms with E-state index in [0.717, 1.165) is 6.42 Å². The number of halogens is 2. The van der Waals surface area contributed by atoms with Gasteiger partial charge in [-0.2, -0.15) is 0 Å². The van der Waals surface area contributed by atoms with Crippen molar-refractivity contribution in [2.24, 2.45) is 0 Å². The van der Waals surface area contributed by atoms with Crippen molar-refractivity contribution in [3.05, 3.63) is 28.0 Å². The second kappa shape index (κ2) is 5.97. The first kappa shape index (κ1) is 15.1. The van der Waals surface area contributed by atoms with E-state index >= 15 is 0 Å². The summed E-state index contributed by atoms with van der Waals surface area (Å²) in [5.74, 6) is -0.357. The average molecular weight is 316 g/mol. The molecule has 0 N–H and O–H groups in total. The molecule has 0 saturated carbocycles. The van der Waals surface area contributed by atoms with Gasteiger partial charge < -0.3 is 9.80 Å². The number of aromatic nitrogens is 1. The van der Waals surface area contributed by atoms with Crippen LogP contribution in [0.25, 0.3) is 0 Å². The summed E-state index contributed by atoms with van der Waals surface area (Å²) in [4.78, 5) is 31.5. The van der Waals surface area contributed by atoms with Crippen LogP contribution in [-0.4, -0.2) is 53.3 Å². The van der Waals surface area contributed by atoms with Crippen molar-refractivity contribution in [1.29, 1.82) is 0 Å². The van der Waals surface area contributed by atoms with Gasteiger partial charge in [0.05, 0.1) is 10.6 Å². The zero-order chi connectivity index (χ0) is 14.9. The topological polar surface area (TPSA) is 53.5 Å². The first-order chi connectivity index (χ1) is 9.41. The van der Waals surface area contributed by atoms with Crippen LogP contribution < -0.4 is 0 Å². The second-order valence-electron chi connectivity index (χ2n) is 4.88. The third-order valence-corrected chi connectivity index (χ3v) is 3.80. The van der Waals surface area contributed by atoms with Crippen molar-refractivity contribution in [2.75, 3.05) is 20.6 Å². The predicted molar refractivity (Wildman–Crippen MR) is 77.0 cm³/mol. The third kappa shape index (κ3) is 2.88. The van der Waals surface area contributed by atoms with E-state index in [9.17, 15) is 9.59 Å². The van der Waals surface area contributed by atoms with E-state index in [1.165, 1.54) is 17.2 Å². The Kier molecular flexibility index (Phi) is 4.50. The van der Waals surface area contributed by atoms with Gasteiger partial charge in [-0.15, -0.1) is 0 Å². The zero-order valence-corrected chi connectivity index (χ0v) is 12.8. The minimum Gasteiger partial charge on any atom is -0.347 e. The summed E-state index contributed by atoms with van der Waals surface area (Å²) in [6.07, 6.45) is 2.81. The number of pyridine rings is 1. The summed E-state index contributed by atoms with van der Waals surface area (Å²) in [5.41, 5.74) is 0.283. The van der Waals surface area contributed by atoms with Crippen molar-refractivity contribution in [3.63, 3.8) is 0 Å². The van der Waals surface area contributed by atoms with E-state index < -0.39 is 6.04 Å². The number of likely N-dealkylation sites (tertiary alicyclic amines) is 1. The van der Waals surface area contributed by atoms with Gasteiger partial charge in [0.15, 0.2) is 0 Å². The number of likely N-dealkylation sites (N-methyl/N-ethyl adjacent to an activating group) is 1. The maximum absolute atomic E-state index is 12.5. The Bertz CT molecular complexity index is 548. The standard InChI is InChI=1S/C13H15Cl2N3O2/c1-17(2)13(20)10-4-3-5-18(10)12(19)8-6-11(15)16-7-9(8)14/h6-7,10H,3-5H2,1-2H3. The highest BCUT2D eigenvalue weighted by molar-refractivity contribution is 6.35. The lowest BCUT2D eigenvalue weighted by Crippen LogP contribution is -2.45. The van der Waals surface area contributed by atoms with Gasteiger partial charge in [0.1, 0.15) is 11.2 Å². The second-order valence-corrected chi connectivity index (χ2v) is 5.67. The normalized spacial score (nSPS) is 18.2. The van der Waals surface area contributed by atoms with Gasteiger partial charge in [-0.3, -0.25) is 9.59 Å². The van der Waals surface area contributed by atoms with E-state index in [4.69, 9.17) is 23.2 Å². The number of hydrogen-bond acceptors (Lipinski definition) is 3. The van der Waals surface area contributed by atoms with Crippen molar-refractivity contribution in [2.45, 2.75) is 18.9 Å². The Morgan fingerprint density at radius 3 is 2.75 bits per heavy atom. The maximum atomic E-state index is 12.5. The molecule has 1 unspecified atom stereocenters. The molecule has 1 aromatic heterocycles. The fourth-order valence-corrected chi connectivity index (χ4v) is 2.64. The summed E-state index contributed by atoms with van der Waals surface area (Å²) in [7, 11) is 3.36. The SMILES string of the molecule is CN(C)C(=O)C1CCCN1C(=O)c1cc(Cl)ncc1Cl. The van der Waals surface area contributed by atoms with Crippen LogP contribution in [0, 0.1) is 0 Å². The van der Waals surface area contributed by atoms with Gasteiger partial charge in [-0.25, -0.2) is 4.98 Å². The first-order valence-corrected chi connectivity index (χ1v) is 7.00. The van der Waals surface area contributed by atoms with E-state index in [2.05, 4.69) is 4.98 Å². The Hall–Kier alpha value is -1.33. The van der Waals surface area contributed by atoms with Gasteiger partial charge in [-0.05, 0) is 18.9 Å². The molecular formula is C13H15Cl2N3O2. The van der Waals surface area contributed by atoms with Gasteiger partial charge in [0.25, 0.3) is 5.91 Å². The molecule has 2 rings (SSSR count). The molecule has 20 heavy (non-hydrogen) atoms. The van der Waals surface area contributed by atoms with Gasteiger partial charge in [0, 0.05) is 26.8 Å². The van der Waals surface area contributed by atoms with Crippen LogP contribution in [0.4, 0.5) is 0 Å². The summed E-state index contributed by atoms with van der Waals surface area (Å²) in [6.45, 7) is 0.541. The number of carbonyl (C=O) groups excluding carboxylic acids is 2. The lowest BCUT2D eigenvalue weighted by molar-refractivity contribution is -0.132. The van der Waals surface area contributed by atoms with Crippen LogP contribution in [0.15, 0.2) is 12.3 Å². The van der Waals surface area contributed by atoms with Crippen LogP contribution in [0.2, 0.25) is 10.2 Å². The number of amides is 2. The van der Waals surface area contributed by atoms with E-state index in [1.807, 2.05) is 0 Å². The highest BCUT2D eigenvalue weighted by Crippen LogP contribution is 2.25. The molecule has 0 radical (unpaired) electrons. The van der Waals surface area contributed by atoms with Gasteiger partial charge in [-0.1, -0.05) is 23.2 Å². The molecule has 2 heterocycles. The average Bonchev–Trinajstić information content (AvgIpc) is 2.88. The predicted octanol–water partition coefficient (Wildman–Crippen LogP) is 2.08. The minimum atomic E-state index is -0.430. The maximum Gasteiger partial charge on any atom is 0.256 e. The number of hydrogen-bond donors (Lipinski definition) is 0. The highest BCUT2D eigenvalue weighted by Gasteiger charge is 2.36. The monoisotopic (exact) mass is 315 g/mol. The van der Waals surface area contributed by atoms with Crippen LogP contribution in [-0.2, 0) is 4.79 Å². The molecule has 108 valence electrons. The molecule has 2 amide bonds. The third-order valence-electron chi connectivity index (χ3n) is 3.29. The Labute approximate surface area is 127 Å². The van der Waals surface area contributed by atoms with Gasteiger partial charge in [0.2, 0.25) is 5.91 Å². The molecule has 1 aliphatic rings. The van der Waals surface area contributed by atoms with Gasteiger partial charge >= 0.3 is 0 Å². The molecule has 5 nitrogen and oxygen atoms in total. The molecule has 1 aromatic rings. The molecule has 1 aliphatic heterocycles. The van der Waals surface area contributed by atoms with Crippen molar-refractivity contribution < 1.29 is 9.59 Å². The largest absolute Gasteiger partial charge is 0.347 e. The summed E-state index contributed by atoms with van der Waals surface area (Å²) in [6, 6.07) is 1.00. The molecule has 7 heteroatoms. The molecule has 1 atom stereocenters. The molecule has 0 spiro atoms. The number of nitrogens with zero attached hydrogens (tertiary/aromatic N) is 3. The summed E-state index contributed by atoms with van der Waals surface area (Å²) < 4.78 is 0. The lowest BCUT2D eigenvalue weighted by Gasteiger charge is -2.26. The van der Waals surface area contributed by atoms with Crippen LogP contribution >= 0.6 is 23.2 Å². The molecular weight excluding hydrogens is 301 g/mol. The molecule has 1 fully saturated rings. The Balaban J connectivity index is 2.28. The van der Waals surface area contributed by atoms with E-state index in [1.54, 1.807) is 19.0 Å². The van der Waals surface area contributed by atoms with Crippen molar-refractivity contribution >= 4 is 35.0 Å². The molecule has 0 aromatic carbocycles. The molecule has 0 bridgehead atoms. The highest BCUT2D eigenvalue weighted by atomic mass is 35.5. The molecule has 0 aliphatic carbocycles. The fraction of sp³-hybridized carbons (Fsp3) is 0.462. The van der Waals surface area contributed by atoms with Crippen molar-refractivity contribution in [1.82, 2.24) is 14.8 Å². The summed E-state index contributed by atoms with van der Waals surface area (Å²) in [5, 5.41) is 0.440. The van der Waals surface area contributed by atoms with Crippen molar-refractivity contribution in [3.8, 4) is 0 Å². The van der Waals surface area contributed by atoms with E-state index in [0.29, 0.717) is 13.0 Å². The van der Waals surface area contributed by atoms with Crippen LogP contribution in [0.5, 0.6) is 0 Å².